The molecule has 2 aromatic rings. The molecule has 0 spiro atoms. The molecule has 0 fully saturated rings. The molecule has 0 aromatic heterocycles. The van der Waals surface area contributed by atoms with Gasteiger partial charge in [0.25, 0.3) is 0 Å². The number of rotatable bonds is 14. The molecule has 0 radical (unpaired) electrons. The lowest BCUT2D eigenvalue weighted by Crippen LogP contribution is -2.23. The molecule has 2 aromatic carbocycles. The molecule has 41 heavy (non-hydrogen) atoms. The van der Waals surface area contributed by atoms with Crippen molar-refractivity contribution >= 4 is 58.1 Å². The van der Waals surface area contributed by atoms with Crippen molar-refractivity contribution in [3.05, 3.63) is 47.5 Å². The van der Waals surface area contributed by atoms with E-state index in [2.05, 4.69) is 22.1 Å². The van der Waals surface area contributed by atoms with Gasteiger partial charge in [0.05, 0.1) is 11.4 Å². The lowest BCUT2D eigenvalue weighted by Gasteiger charge is -2.33. The maximum Gasteiger partial charge on any atom is 0.331 e. The average Bonchev–Trinajstić information content (AvgIpc) is 2.95. The molecular formula is C31H37N3O6S. The van der Waals surface area contributed by atoms with Crippen LogP contribution in [0.25, 0.3) is 0 Å². The molecule has 218 valence electrons. The molecule has 10 heteroatoms. The van der Waals surface area contributed by atoms with Gasteiger partial charge in [-0.25, -0.2) is 9.59 Å². The third-order valence-electron chi connectivity index (χ3n) is 6.32. The minimum Gasteiger partial charge on any atom is -0.340 e. The first-order valence-electron chi connectivity index (χ1n) is 14.0. The molecular weight excluding hydrogens is 542 g/mol. The lowest BCUT2D eigenvalue weighted by molar-refractivity contribution is -0.141. The molecule has 3 rings (SSSR count). The zero-order chi connectivity index (χ0) is 29.9. The van der Waals surface area contributed by atoms with E-state index in [1.54, 1.807) is 12.1 Å². The maximum atomic E-state index is 13.4. The van der Waals surface area contributed by atoms with Crippen molar-refractivity contribution in [1.82, 2.24) is 0 Å². The predicted molar refractivity (Wildman–Crippen MR) is 160 cm³/mol. The number of oxime groups is 2. The van der Waals surface area contributed by atoms with Gasteiger partial charge >= 0.3 is 11.9 Å². The Balaban J connectivity index is 1.99. The van der Waals surface area contributed by atoms with Crippen LogP contribution in [0.2, 0.25) is 0 Å². The number of Topliss-reactive ketones (excluding diaryl/α,β-unsaturated/α-hetero) is 2. The van der Waals surface area contributed by atoms with Crippen LogP contribution in [-0.2, 0) is 19.3 Å². The fourth-order valence-electron chi connectivity index (χ4n) is 4.29. The van der Waals surface area contributed by atoms with E-state index in [1.165, 1.54) is 25.6 Å². The molecule has 0 bridgehead atoms. The van der Waals surface area contributed by atoms with E-state index in [9.17, 15) is 19.2 Å². The third-order valence-corrected chi connectivity index (χ3v) is 7.41. The molecule has 9 nitrogen and oxygen atoms in total. The van der Waals surface area contributed by atoms with Crippen molar-refractivity contribution in [2.45, 2.75) is 89.4 Å². The van der Waals surface area contributed by atoms with Gasteiger partial charge in [0.2, 0.25) is 11.6 Å². The Kier molecular flexibility index (Phi) is 11.8. The number of fused-ring (bicyclic) bond motifs is 2. The van der Waals surface area contributed by atoms with Crippen molar-refractivity contribution in [3.8, 4) is 0 Å². The summed E-state index contributed by atoms with van der Waals surface area (Å²) in [6.07, 6.45) is 4.89. The van der Waals surface area contributed by atoms with Crippen LogP contribution in [0.1, 0.15) is 100 Å². The number of hydrogen-bond donors (Lipinski definition) is 0. The second kappa shape index (κ2) is 15.3. The van der Waals surface area contributed by atoms with Gasteiger partial charge in [0, 0.05) is 41.3 Å². The van der Waals surface area contributed by atoms with Crippen LogP contribution in [0.5, 0.6) is 0 Å². The highest BCUT2D eigenvalue weighted by molar-refractivity contribution is 7.99. The second-order valence-electron chi connectivity index (χ2n) is 9.73. The van der Waals surface area contributed by atoms with E-state index in [1.807, 2.05) is 38.1 Å². The van der Waals surface area contributed by atoms with Gasteiger partial charge in [-0.2, -0.15) is 0 Å². The van der Waals surface area contributed by atoms with Crippen LogP contribution < -0.4 is 4.90 Å². The number of benzene rings is 2. The van der Waals surface area contributed by atoms with E-state index in [4.69, 9.17) is 9.68 Å². The minimum atomic E-state index is -0.583. The quantitative estimate of drug-likeness (QED) is 0.0992. The zero-order valence-electron chi connectivity index (χ0n) is 24.3. The normalized spacial score (nSPS) is 12.9. The highest BCUT2D eigenvalue weighted by atomic mass is 32.2. The fourth-order valence-corrected chi connectivity index (χ4v) is 5.47. The number of ketones is 2. The topological polar surface area (TPSA) is 115 Å². The molecule has 0 saturated carbocycles. The smallest absolute Gasteiger partial charge is 0.331 e. The molecule has 1 heterocycles. The van der Waals surface area contributed by atoms with E-state index >= 15 is 0 Å². The zero-order valence-corrected chi connectivity index (χ0v) is 25.1. The molecule has 0 amide bonds. The van der Waals surface area contributed by atoms with E-state index in [0.717, 1.165) is 59.8 Å². The number of anilines is 2. The molecule has 0 aliphatic carbocycles. The standard InChI is InChI=1S/C31H37N3O6S/c1-6-9-11-24(32-39-20(4)35)30(37)22-13-15-26-28(18-22)41-29-19-23(14-16-27(29)34(26)17-8-3)31(38)25(12-10-7-2)33-40-21(5)36/h13-16,18-19H,6-12,17H2,1-5H3/b32-24+,33-25+. The Morgan fingerprint density at radius 2 is 1.15 bits per heavy atom. The number of carbonyl (C=O) groups excluding carboxylic acids is 4. The van der Waals surface area contributed by atoms with Crippen LogP contribution >= 0.6 is 11.8 Å². The molecule has 1 aliphatic heterocycles. The van der Waals surface area contributed by atoms with Crippen LogP contribution in [0.15, 0.2) is 56.5 Å². The predicted octanol–water partition coefficient (Wildman–Crippen LogP) is 7.28. The van der Waals surface area contributed by atoms with E-state index in [-0.39, 0.29) is 23.0 Å². The molecule has 0 atom stereocenters. The summed E-state index contributed by atoms with van der Waals surface area (Å²) in [5.74, 6) is -1.74. The first-order chi connectivity index (χ1) is 19.7. The van der Waals surface area contributed by atoms with Gasteiger partial charge in [-0.1, -0.05) is 55.7 Å². The Labute approximate surface area is 245 Å². The molecule has 0 N–H and O–H groups in total. The van der Waals surface area contributed by atoms with Gasteiger partial charge in [0.1, 0.15) is 11.4 Å². The highest BCUT2D eigenvalue weighted by Crippen LogP contribution is 2.49. The summed E-state index contributed by atoms with van der Waals surface area (Å²) in [6.45, 7) is 9.35. The minimum absolute atomic E-state index is 0.202. The van der Waals surface area contributed by atoms with Crippen LogP contribution in [0, 0.1) is 0 Å². The summed E-state index contributed by atoms with van der Waals surface area (Å²) in [7, 11) is 0. The van der Waals surface area contributed by atoms with Gasteiger partial charge < -0.3 is 14.6 Å². The fraction of sp³-hybridized carbons (Fsp3) is 0.419. The highest BCUT2D eigenvalue weighted by Gasteiger charge is 2.27. The van der Waals surface area contributed by atoms with Crippen molar-refractivity contribution in [1.29, 1.82) is 0 Å². The summed E-state index contributed by atoms with van der Waals surface area (Å²) in [5, 5.41) is 7.69. The van der Waals surface area contributed by atoms with Crippen LogP contribution in [-0.4, -0.2) is 41.5 Å². The summed E-state index contributed by atoms with van der Waals surface area (Å²) in [4.78, 5) is 62.9. The van der Waals surface area contributed by atoms with Crippen LogP contribution in [0.4, 0.5) is 11.4 Å². The Morgan fingerprint density at radius 1 is 0.707 bits per heavy atom. The largest absolute Gasteiger partial charge is 0.340 e. The number of hydrogen-bond acceptors (Lipinski definition) is 10. The monoisotopic (exact) mass is 579 g/mol. The van der Waals surface area contributed by atoms with E-state index in [0.29, 0.717) is 24.0 Å². The summed E-state index contributed by atoms with van der Waals surface area (Å²) >= 11 is 1.47. The Morgan fingerprint density at radius 3 is 1.51 bits per heavy atom. The summed E-state index contributed by atoms with van der Waals surface area (Å²) < 4.78 is 0. The first kappa shape index (κ1) is 31.7. The number of nitrogens with zero attached hydrogens (tertiary/aromatic N) is 3. The van der Waals surface area contributed by atoms with Gasteiger partial charge in [-0.05, 0) is 68.5 Å². The van der Waals surface area contributed by atoms with Crippen molar-refractivity contribution in [2.75, 3.05) is 11.4 Å². The summed E-state index contributed by atoms with van der Waals surface area (Å²) in [5.41, 5.74) is 3.22. The van der Waals surface area contributed by atoms with Crippen molar-refractivity contribution in [3.63, 3.8) is 0 Å². The summed E-state index contributed by atoms with van der Waals surface area (Å²) in [6, 6.07) is 11.0. The maximum absolute atomic E-state index is 13.4. The SMILES string of the molecule is CCCC/C(=N\OC(C)=O)C(=O)c1ccc2c(c1)Sc1cc(C(=O)/C(CCCC)=N/OC(C)=O)ccc1N2CCC. The number of unbranched alkanes of at least 4 members (excludes halogenated alkanes) is 2. The second-order valence-corrected chi connectivity index (χ2v) is 10.8. The molecule has 0 unspecified atom stereocenters. The molecule has 1 aliphatic rings. The van der Waals surface area contributed by atoms with Crippen molar-refractivity contribution in [2.24, 2.45) is 10.3 Å². The Hall–Kier alpha value is -3.79. The molecule has 0 saturated heterocycles. The van der Waals surface area contributed by atoms with Crippen LogP contribution in [0.3, 0.4) is 0 Å². The van der Waals surface area contributed by atoms with E-state index < -0.39 is 11.9 Å². The average molecular weight is 580 g/mol. The van der Waals surface area contributed by atoms with Gasteiger partial charge in [0.15, 0.2) is 0 Å². The lowest BCUT2D eigenvalue weighted by atomic mass is 10.0. The number of carbonyl (C=O) groups is 4. The van der Waals surface area contributed by atoms with Gasteiger partial charge in [-0.15, -0.1) is 0 Å². The van der Waals surface area contributed by atoms with Gasteiger partial charge in [-0.3, -0.25) is 9.59 Å². The van der Waals surface area contributed by atoms with Crippen molar-refractivity contribution < 1.29 is 28.9 Å². The third kappa shape index (κ3) is 8.36. The first-order valence-corrected chi connectivity index (χ1v) is 14.8. The Bertz CT molecular complexity index is 1270.